The van der Waals surface area contributed by atoms with Crippen LogP contribution in [0.5, 0.6) is 0 Å². The van der Waals surface area contributed by atoms with Gasteiger partial charge >= 0.3 is 0 Å². The third-order valence-electron chi connectivity index (χ3n) is 4.57. The van der Waals surface area contributed by atoms with E-state index in [1.165, 1.54) is 0 Å². The minimum Gasteiger partial charge on any atom is -0.368 e. The van der Waals surface area contributed by atoms with Gasteiger partial charge in [-0.25, -0.2) is 4.98 Å². The van der Waals surface area contributed by atoms with E-state index in [0.717, 1.165) is 35.1 Å². The van der Waals surface area contributed by atoms with Gasteiger partial charge in [-0.05, 0) is 37.3 Å². The Balaban J connectivity index is 1.46. The Kier molecular flexibility index (Phi) is 4.09. The zero-order chi connectivity index (χ0) is 17.4. The topological polar surface area (TPSA) is 40.9 Å². The summed E-state index contributed by atoms with van der Waals surface area (Å²) in [6.07, 6.45) is 3.85. The second-order valence-electron chi connectivity index (χ2n) is 6.32. The standard InChI is InChI=1S/C19H19ClN4O/c1-14-13-24-6-5-15(11-18(24)21-14)19(25)23-9-7-22(8-10-23)17-4-2-3-16(20)12-17/h2-6,11-13H,7-10H2,1H3. The number of aryl methyl sites for hydroxylation is 1. The predicted octanol–water partition coefficient (Wildman–Crippen LogP) is 3.26. The van der Waals surface area contributed by atoms with Crippen LogP contribution in [0.25, 0.3) is 5.65 Å². The number of nitrogens with zero attached hydrogens (tertiary/aromatic N) is 4. The van der Waals surface area contributed by atoms with Crippen LogP contribution >= 0.6 is 11.6 Å². The number of rotatable bonds is 2. The maximum absolute atomic E-state index is 12.8. The summed E-state index contributed by atoms with van der Waals surface area (Å²) >= 11 is 6.07. The zero-order valence-electron chi connectivity index (χ0n) is 14.0. The highest BCUT2D eigenvalue weighted by atomic mass is 35.5. The number of halogens is 1. The van der Waals surface area contributed by atoms with Crippen molar-refractivity contribution < 1.29 is 4.79 Å². The van der Waals surface area contributed by atoms with Gasteiger partial charge < -0.3 is 14.2 Å². The Labute approximate surface area is 151 Å². The van der Waals surface area contributed by atoms with Crippen LogP contribution in [-0.4, -0.2) is 46.4 Å². The fourth-order valence-electron chi connectivity index (χ4n) is 3.26. The molecule has 1 amide bonds. The van der Waals surface area contributed by atoms with Crippen LogP contribution in [0.1, 0.15) is 16.1 Å². The number of carbonyl (C=O) groups is 1. The van der Waals surface area contributed by atoms with E-state index in [-0.39, 0.29) is 5.91 Å². The van der Waals surface area contributed by atoms with Crippen LogP contribution in [0.2, 0.25) is 5.02 Å². The monoisotopic (exact) mass is 354 g/mol. The van der Waals surface area contributed by atoms with Crippen LogP contribution in [0.3, 0.4) is 0 Å². The van der Waals surface area contributed by atoms with Gasteiger partial charge in [-0.2, -0.15) is 0 Å². The van der Waals surface area contributed by atoms with Crippen LogP contribution in [0.15, 0.2) is 48.8 Å². The van der Waals surface area contributed by atoms with E-state index in [1.54, 1.807) is 0 Å². The number of anilines is 1. The largest absolute Gasteiger partial charge is 0.368 e. The highest BCUT2D eigenvalue weighted by Crippen LogP contribution is 2.21. The van der Waals surface area contributed by atoms with E-state index >= 15 is 0 Å². The van der Waals surface area contributed by atoms with Gasteiger partial charge in [0.15, 0.2) is 0 Å². The fourth-order valence-corrected chi connectivity index (χ4v) is 3.45. The fraction of sp³-hybridized carbons (Fsp3) is 0.263. The first-order valence-corrected chi connectivity index (χ1v) is 8.73. The first kappa shape index (κ1) is 16.0. The van der Waals surface area contributed by atoms with Crippen molar-refractivity contribution >= 4 is 28.8 Å². The summed E-state index contributed by atoms with van der Waals surface area (Å²) in [6.45, 7) is 4.95. The predicted molar refractivity (Wildman–Crippen MR) is 99.5 cm³/mol. The van der Waals surface area contributed by atoms with Crippen molar-refractivity contribution in [2.75, 3.05) is 31.1 Å². The second kappa shape index (κ2) is 6.41. The molecule has 0 spiro atoms. The Morgan fingerprint density at radius 1 is 1.12 bits per heavy atom. The molecule has 0 N–H and O–H groups in total. The summed E-state index contributed by atoms with van der Waals surface area (Å²) in [6, 6.07) is 11.6. The minimum atomic E-state index is 0.0638. The minimum absolute atomic E-state index is 0.0638. The molecule has 128 valence electrons. The van der Waals surface area contributed by atoms with E-state index in [0.29, 0.717) is 18.7 Å². The summed E-state index contributed by atoms with van der Waals surface area (Å²) in [5, 5.41) is 0.735. The Hall–Kier alpha value is -2.53. The zero-order valence-corrected chi connectivity index (χ0v) is 14.8. The van der Waals surface area contributed by atoms with Gasteiger partial charge in [0.05, 0.1) is 5.69 Å². The van der Waals surface area contributed by atoms with E-state index in [4.69, 9.17) is 11.6 Å². The lowest BCUT2D eigenvalue weighted by Crippen LogP contribution is -2.48. The molecule has 5 nitrogen and oxygen atoms in total. The molecule has 25 heavy (non-hydrogen) atoms. The van der Waals surface area contributed by atoms with Crippen molar-refractivity contribution in [1.82, 2.24) is 14.3 Å². The smallest absolute Gasteiger partial charge is 0.254 e. The quantitative estimate of drug-likeness (QED) is 0.709. The van der Waals surface area contributed by atoms with Gasteiger partial charge in [-0.1, -0.05) is 17.7 Å². The summed E-state index contributed by atoms with van der Waals surface area (Å²) in [5.41, 5.74) is 3.55. The Bertz CT molecular complexity index is 928. The molecular formula is C19H19ClN4O. The van der Waals surface area contributed by atoms with Crippen molar-refractivity contribution in [2.24, 2.45) is 0 Å². The molecular weight excluding hydrogens is 336 g/mol. The molecule has 1 saturated heterocycles. The number of fused-ring (bicyclic) bond motifs is 1. The summed E-state index contributed by atoms with van der Waals surface area (Å²) in [5.74, 6) is 0.0638. The molecule has 0 saturated carbocycles. The van der Waals surface area contributed by atoms with Crippen molar-refractivity contribution in [3.05, 3.63) is 65.1 Å². The van der Waals surface area contributed by atoms with Gasteiger partial charge in [-0.15, -0.1) is 0 Å². The number of benzene rings is 1. The molecule has 4 rings (SSSR count). The number of hydrogen-bond acceptors (Lipinski definition) is 3. The van der Waals surface area contributed by atoms with Gasteiger partial charge in [0.2, 0.25) is 0 Å². The summed E-state index contributed by atoms with van der Waals surface area (Å²) in [4.78, 5) is 21.4. The van der Waals surface area contributed by atoms with Gasteiger partial charge in [0.1, 0.15) is 5.65 Å². The van der Waals surface area contributed by atoms with Crippen LogP contribution in [0, 0.1) is 6.92 Å². The summed E-state index contributed by atoms with van der Waals surface area (Å²) < 4.78 is 1.93. The number of carbonyl (C=O) groups excluding carboxylic acids is 1. The van der Waals surface area contributed by atoms with Crippen molar-refractivity contribution in [2.45, 2.75) is 6.92 Å². The number of hydrogen-bond donors (Lipinski definition) is 0. The lowest BCUT2D eigenvalue weighted by molar-refractivity contribution is 0.0747. The lowest BCUT2D eigenvalue weighted by atomic mass is 10.2. The van der Waals surface area contributed by atoms with Gasteiger partial charge in [0.25, 0.3) is 5.91 Å². The van der Waals surface area contributed by atoms with Gasteiger partial charge in [-0.3, -0.25) is 4.79 Å². The molecule has 6 heteroatoms. The van der Waals surface area contributed by atoms with Gasteiger partial charge in [0, 0.05) is 54.8 Å². The van der Waals surface area contributed by atoms with E-state index in [2.05, 4.69) is 16.0 Å². The molecule has 0 aliphatic carbocycles. The molecule has 0 bridgehead atoms. The highest BCUT2D eigenvalue weighted by Gasteiger charge is 2.22. The number of imidazole rings is 1. The number of aromatic nitrogens is 2. The second-order valence-corrected chi connectivity index (χ2v) is 6.76. The lowest BCUT2D eigenvalue weighted by Gasteiger charge is -2.36. The van der Waals surface area contributed by atoms with E-state index < -0.39 is 0 Å². The van der Waals surface area contributed by atoms with Crippen molar-refractivity contribution in [3.8, 4) is 0 Å². The molecule has 3 aromatic rings. The average molecular weight is 355 g/mol. The number of piperazine rings is 1. The van der Waals surface area contributed by atoms with Crippen LogP contribution in [-0.2, 0) is 0 Å². The number of amides is 1. The van der Waals surface area contributed by atoms with Crippen LogP contribution in [0.4, 0.5) is 5.69 Å². The molecule has 1 aliphatic rings. The molecule has 1 aliphatic heterocycles. The molecule has 0 unspecified atom stereocenters. The normalized spacial score (nSPS) is 15.0. The molecule has 3 heterocycles. The highest BCUT2D eigenvalue weighted by molar-refractivity contribution is 6.30. The number of pyridine rings is 1. The third kappa shape index (κ3) is 3.20. The maximum Gasteiger partial charge on any atom is 0.254 e. The molecule has 0 atom stereocenters. The van der Waals surface area contributed by atoms with Crippen LogP contribution < -0.4 is 4.90 Å². The first-order chi connectivity index (χ1) is 12.1. The molecule has 2 aromatic heterocycles. The van der Waals surface area contributed by atoms with Crippen molar-refractivity contribution in [3.63, 3.8) is 0 Å². The SMILES string of the molecule is Cc1cn2ccc(C(=O)N3CCN(c4cccc(Cl)c4)CC3)cc2n1. The first-order valence-electron chi connectivity index (χ1n) is 8.35. The molecule has 1 aromatic carbocycles. The average Bonchev–Trinajstić information content (AvgIpc) is 3.00. The van der Waals surface area contributed by atoms with Crippen molar-refractivity contribution in [1.29, 1.82) is 0 Å². The summed E-state index contributed by atoms with van der Waals surface area (Å²) in [7, 11) is 0. The molecule has 1 fully saturated rings. The third-order valence-corrected chi connectivity index (χ3v) is 4.80. The Morgan fingerprint density at radius 2 is 1.92 bits per heavy atom. The molecule has 0 radical (unpaired) electrons. The Morgan fingerprint density at radius 3 is 2.68 bits per heavy atom. The van der Waals surface area contributed by atoms with E-state index in [1.807, 2.05) is 58.9 Å². The maximum atomic E-state index is 12.8. The van der Waals surface area contributed by atoms with E-state index in [9.17, 15) is 4.79 Å².